The second kappa shape index (κ2) is 8.83. The number of hydrogen-bond acceptors (Lipinski definition) is 7. The van der Waals surface area contributed by atoms with Gasteiger partial charge in [0.2, 0.25) is 11.8 Å². The molecule has 6 rings (SSSR count). The summed E-state index contributed by atoms with van der Waals surface area (Å²) in [6.07, 6.45) is 2.81. The number of carbonyl (C=O) groups is 4. The predicted octanol–water partition coefficient (Wildman–Crippen LogP) is 2.29. The molecule has 0 aliphatic carbocycles. The van der Waals surface area contributed by atoms with Crippen molar-refractivity contribution in [2.75, 3.05) is 13.1 Å². The highest BCUT2D eigenvalue weighted by Crippen LogP contribution is 2.31. The zero-order valence-corrected chi connectivity index (χ0v) is 19.5. The molecule has 0 bridgehead atoms. The van der Waals surface area contributed by atoms with E-state index in [2.05, 4.69) is 27.3 Å². The maximum absolute atomic E-state index is 13.1. The first kappa shape index (κ1) is 22.4. The molecule has 2 atom stereocenters. The minimum absolute atomic E-state index is 0.0467. The van der Waals surface area contributed by atoms with Crippen LogP contribution in [-0.4, -0.2) is 63.6 Å². The van der Waals surface area contributed by atoms with E-state index in [0.717, 1.165) is 41.9 Å². The van der Waals surface area contributed by atoms with Crippen LogP contribution in [0.5, 0.6) is 5.75 Å². The molecule has 4 amide bonds. The first-order valence-electron chi connectivity index (χ1n) is 12.1. The zero-order valence-electron chi connectivity index (χ0n) is 19.5. The Kier molecular flexibility index (Phi) is 5.49. The van der Waals surface area contributed by atoms with Crippen LogP contribution >= 0.6 is 0 Å². The Hall–Kier alpha value is -4.11. The van der Waals surface area contributed by atoms with E-state index >= 15 is 0 Å². The zero-order chi connectivity index (χ0) is 24.8. The summed E-state index contributed by atoms with van der Waals surface area (Å²) in [4.78, 5) is 57.4. The quantitative estimate of drug-likeness (QED) is 0.554. The number of nitrogens with zero attached hydrogens (tertiary/aromatic N) is 3. The molecule has 2 aromatic carbocycles. The molecule has 2 fully saturated rings. The normalized spacial score (nSPS) is 22.3. The largest absolute Gasteiger partial charge is 0.489 e. The number of piperidine rings is 1. The summed E-state index contributed by atoms with van der Waals surface area (Å²) in [5, 5.41) is 3.35. The van der Waals surface area contributed by atoms with Crippen LogP contribution in [0.4, 0.5) is 0 Å². The van der Waals surface area contributed by atoms with Crippen LogP contribution in [0.2, 0.25) is 0 Å². The third kappa shape index (κ3) is 3.91. The molecule has 182 valence electrons. The fraction of sp³-hybridized carbons (Fsp3) is 0.296. The molecular formula is C27H24N4O5. The lowest BCUT2D eigenvalue weighted by Gasteiger charge is -2.27. The van der Waals surface area contributed by atoms with Gasteiger partial charge in [0.1, 0.15) is 17.9 Å². The molecule has 3 aliphatic heterocycles. The number of fused-ring (bicyclic) bond motifs is 2. The molecule has 9 nitrogen and oxygen atoms in total. The second-order valence-electron chi connectivity index (χ2n) is 9.41. The summed E-state index contributed by atoms with van der Waals surface area (Å²) >= 11 is 0. The van der Waals surface area contributed by atoms with Gasteiger partial charge in [0, 0.05) is 37.6 Å². The SMILES string of the molecule is O=C1CCC(N2C(=O)c3ccc(O[C@H]4CCN(Cc5cccc6ncccc56)C4)cc3C2=O)C(=O)N1. The van der Waals surface area contributed by atoms with E-state index in [1.807, 2.05) is 18.2 Å². The number of hydrogen-bond donors (Lipinski definition) is 1. The number of imide groups is 2. The minimum Gasteiger partial charge on any atom is -0.489 e. The van der Waals surface area contributed by atoms with Crippen molar-refractivity contribution >= 4 is 34.5 Å². The Balaban J connectivity index is 1.13. The molecule has 1 unspecified atom stereocenters. The molecule has 0 saturated carbocycles. The van der Waals surface area contributed by atoms with E-state index in [-0.39, 0.29) is 30.1 Å². The van der Waals surface area contributed by atoms with Gasteiger partial charge in [0.05, 0.1) is 16.6 Å². The first-order chi connectivity index (χ1) is 17.5. The van der Waals surface area contributed by atoms with E-state index in [0.29, 0.717) is 5.75 Å². The predicted molar refractivity (Wildman–Crippen MR) is 129 cm³/mol. The highest BCUT2D eigenvalue weighted by molar-refractivity contribution is 6.23. The van der Waals surface area contributed by atoms with Crippen LogP contribution < -0.4 is 10.1 Å². The van der Waals surface area contributed by atoms with Crippen molar-refractivity contribution in [3.8, 4) is 5.75 Å². The molecule has 1 aromatic heterocycles. The van der Waals surface area contributed by atoms with Crippen LogP contribution in [0, 0.1) is 0 Å². The number of rotatable bonds is 5. The van der Waals surface area contributed by atoms with Crippen molar-refractivity contribution in [2.24, 2.45) is 0 Å². The van der Waals surface area contributed by atoms with Crippen LogP contribution in [-0.2, 0) is 16.1 Å². The van der Waals surface area contributed by atoms with Gasteiger partial charge in [-0.15, -0.1) is 0 Å². The van der Waals surface area contributed by atoms with E-state index in [9.17, 15) is 19.2 Å². The molecule has 3 aromatic rings. The fourth-order valence-corrected chi connectivity index (χ4v) is 5.30. The number of benzene rings is 2. The molecule has 3 aliphatic rings. The standard InChI is InChI=1S/C27H24N4O5/c32-24-9-8-23(25(33)29-24)31-26(34)20-7-6-17(13-21(20)27(31)35)36-18-10-12-30(15-18)14-16-3-1-5-22-19(16)4-2-11-28-22/h1-7,11,13,18,23H,8-10,12,14-15H2,(H,29,32,33)/t18-,23?/m0/s1. The number of nitrogens with one attached hydrogen (secondary N) is 1. The Morgan fingerprint density at radius 2 is 1.83 bits per heavy atom. The first-order valence-corrected chi connectivity index (χ1v) is 12.1. The molecule has 36 heavy (non-hydrogen) atoms. The number of ether oxygens (including phenoxy) is 1. The third-order valence-electron chi connectivity index (χ3n) is 7.07. The van der Waals surface area contributed by atoms with Crippen LogP contribution in [0.1, 0.15) is 45.5 Å². The van der Waals surface area contributed by atoms with Crippen molar-refractivity contribution in [2.45, 2.75) is 38.0 Å². The monoisotopic (exact) mass is 484 g/mol. The Bertz CT molecular complexity index is 1420. The van der Waals surface area contributed by atoms with Gasteiger partial charge in [-0.1, -0.05) is 18.2 Å². The molecule has 1 N–H and O–H groups in total. The van der Waals surface area contributed by atoms with E-state index in [4.69, 9.17) is 4.74 Å². The third-order valence-corrected chi connectivity index (χ3v) is 7.07. The average Bonchev–Trinajstić information content (AvgIpc) is 3.41. The molecular weight excluding hydrogens is 460 g/mol. The van der Waals surface area contributed by atoms with Crippen molar-refractivity contribution < 1.29 is 23.9 Å². The van der Waals surface area contributed by atoms with Gasteiger partial charge in [0.15, 0.2) is 0 Å². The number of pyridine rings is 1. The summed E-state index contributed by atoms with van der Waals surface area (Å²) in [6.45, 7) is 2.41. The highest BCUT2D eigenvalue weighted by atomic mass is 16.5. The lowest BCUT2D eigenvalue weighted by molar-refractivity contribution is -0.136. The lowest BCUT2D eigenvalue weighted by Crippen LogP contribution is -2.54. The van der Waals surface area contributed by atoms with Gasteiger partial charge < -0.3 is 4.74 Å². The molecule has 4 heterocycles. The van der Waals surface area contributed by atoms with E-state index < -0.39 is 29.7 Å². The summed E-state index contributed by atoms with van der Waals surface area (Å²) < 4.78 is 6.20. The maximum Gasteiger partial charge on any atom is 0.262 e. The van der Waals surface area contributed by atoms with E-state index in [1.165, 1.54) is 5.56 Å². The van der Waals surface area contributed by atoms with Gasteiger partial charge in [-0.05, 0) is 48.7 Å². The van der Waals surface area contributed by atoms with Crippen LogP contribution in [0.25, 0.3) is 10.9 Å². The van der Waals surface area contributed by atoms with Crippen molar-refractivity contribution in [1.82, 2.24) is 20.1 Å². The number of likely N-dealkylation sites (tertiary alicyclic amines) is 1. The smallest absolute Gasteiger partial charge is 0.262 e. The summed E-state index contributed by atoms with van der Waals surface area (Å²) in [7, 11) is 0. The van der Waals surface area contributed by atoms with Gasteiger partial charge in [-0.2, -0.15) is 0 Å². The minimum atomic E-state index is -0.980. The van der Waals surface area contributed by atoms with Gasteiger partial charge in [-0.3, -0.25) is 39.3 Å². The summed E-state index contributed by atoms with van der Waals surface area (Å²) in [5.74, 6) is -1.56. The lowest BCUT2D eigenvalue weighted by atomic mass is 10.0. The fourth-order valence-electron chi connectivity index (χ4n) is 5.30. The number of carbonyl (C=O) groups excluding carboxylic acids is 4. The van der Waals surface area contributed by atoms with Crippen molar-refractivity contribution in [3.05, 3.63) is 71.4 Å². The molecule has 0 radical (unpaired) electrons. The Morgan fingerprint density at radius 3 is 2.69 bits per heavy atom. The van der Waals surface area contributed by atoms with Crippen LogP contribution in [0.3, 0.4) is 0 Å². The number of amides is 4. The van der Waals surface area contributed by atoms with E-state index in [1.54, 1.807) is 24.4 Å². The average molecular weight is 485 g/mol. The molecule has 2 saturated heterocycles. The van der Waals surface area contributed by atoms with Gasteiger partial charge >= 0.3 is 0 Å². The van der Waals surface area contributed by atoms with Crippen molar-refractivity contribution in [1.29, 1.82) is 0 Å². The van der Waals surface area contributed by atoms with Gasteiger partial charge in [-0.25, -0.2) is 0 Å². The maximum atomic E-state index is 13.1. The number of aromatic nitrogens is 1. The summed E-state index contributed by atoms with van der Waals surface area (Å²) in [5.41, 5.74) is 2.66. The topological polar surface area (TPSA) is 109 Å². The van der Waals surface area contributed by atoms with Gasteiger partial charge in [0.25, 0.3) is 11.8 Å². The van der Waals surface area contributed by atoms with Crippen LogP contribution in [0.15, 0.2) is 54.7 Å². The highest BCUT2D eigenvalue weighted by Gasteiger charge is 2.44. The summed E-state index contributed by atoms with van der Waals surface area (Å²) in [6, 6.07) is 14.1. The molecule has 0 spiro atoms. The Labute approximate surface area is 207 Å². The van der Waals surface area contributed by atoms with Crippen molar-refractivity contribution in [3.63, 3.8) is 0 Å². The second-order valence-corrected chi connectivity index (χ2v) is 9.41. The molecule has 9 heteroatoms. The Morgan fingerprint density at radius 1 is 0.972 bits per heavy atom.